The van der Waals surface area contributed by atoms with Crippen LogP contribution >= 0.6 is 0 Å². The van der Waals surface area contributed by atoms with Crippen LogP contribution in [0.4, 0.5) is 0 Å². The second-order valence-electron chi connectivity index (χ2n) is 7.12. The van der Waals surface area contributed by atoms with Crippen LogP contribution in [0.3, 0.4) is 0 Å². The van der Waals surface area contributed by atoms with Gasteiger partial charge in [-0.25, -0.2) is 0 Å². The molecule has 1 spiro atoms. The summed E-state index contributed by atoms with van der Waals surface area (Å²) in [6.07, 6.45) is 8.61. The number of allylic oxidation sites excluding steroid dienone is 2. The van der Waals surface area contributed by atoms with E-state index in [4.69, 9.17) is 0 Å². The minimum Gasteiger partial charge on any atom is -0.299 e. The maximum Gasteiger partial charge on any atom is 0.144 e. The van der Waals surface area contributed by atoms with Crippen LogP contribution in [0.2, 0.25) is 0 Å². The van der Waals surface area contributed by atoms with Gasteiger partial charge in [0.05, 0.1) is 5.41 Å². The SMILES string of the molecule is CC(C)c1cccc2c1C1(CC3C=CC1C3)C(=O)CC2. The zero-order chi connectivity index (χ0) is 13.9. The Bertz CT molecular complexity index is 610. The van der Waals surface area contributed by atoms with Gasteiger partial charge >= 0.3 is 0 Å². The van der Waals surface area contributed by atoms with Crippen molar-refractivity contribution in [2.24, 2.45) is 11.8 Å². The largest absolute Gasteiger partial charge is 0.299 e. The van der Waals surface area contributed by atoms with Gasteiger partial charge < -0.3 is 0 Å². The first-order chi connectivity index (χ1) is 9.63. The van der Waals surface area contributed by atoms with Gasteiger partial charge in [-0.1, -0.05) is 44.2 Å². The molecule has 3 aliphatic rings. The van der Waals surface area contributed by atoms with Gasteiger partial charge in [0.25, 0.3) is 0 Å². The molecule has 1 nitrogen and oxygen atoms in total. The molecule has 1 heteroatoms. The maximum absolute atomic E-state index is 12.9. The van der Waals surface area contributed by atoms with Gasteiger partial charge in [-0.2, -0.15) is 0 Å². The number of Topliss-reactive ketones (excluding diaryl/α,β-unsaturated/α-hetero) is 1. The van der Waals surface area contributed by atoms with Gasteiger partial charge in [0.1, 0.15) is 5.78 Å². The molecule has 0 radical (unpaired) electrons. The normalized spacial score (nSPS) is 34.2. The summed E-state index contributed by atoms with van der Waals surface area (Å²) in [4.78, 5) is 12.9. The van der Waals surface area contributed by atoms with Crippen molar-refractivity contribution in [2.45, 2.75) is 50.9 Å². The minimum atomic E-state index is -0.173. The number of ketones is 1. The Hall–Kier alpha value is -1.37. The van der Waals surface area contributed by atoms with E-state index in [1.807, 2.05) is 0 Å². The van der Waals surface area contributed by atoms with Gasteiger partial charge in [0.15, 0.2) is 0 Å². The lowest BCUT2D eigenvalue weighted by atomic mass is 9.60. The van der Waals surface area contributed by atoms with Gasteiger partial charge in [0.2, 0.25) is 0 Å². The van der Waals surface area contributed by atoms with E-state index in [1.54, 1.807) is 0 Å². The number of carbonyl (C=O) groups is 1. The van der Waals surface area contributed by atoms with Gasteiger partial charge in [-0.3, -0.25) is 4.79 Å². The van der Waals surface area contributed by atoms with Crippen molar-refractivity contribution in [2.75, 3.05) is 0 Å². The summed E-state index contributed by atoms with van der Waals surface area (Å²) in [6, 6.07) is 6.69. The fourth-order valence-electron chi connectivity index (χ4n) is 4.93. The highest BCUT2D eigenvalue weighted by Gasteiger charge is 2.56. The van der Waals surface area contributed by atoms with E-state index < -0.39 is 0 Å². The molecule has 3 unspecified atom stereocenters. The zero-order valence-corrected chi connectivity index (χ0v) is 12.4. The summed E-state index contributed by atoms with van der Waals surface area (Å²) in [5, 5.41) is 0. The minimum absolute atomic E-state index is 0.173. The zero-order valence-electron chi connectivity index (χ0n) is 12.4. The molecule has 0 aromatic heterocycles. The summed E-state index contributed by atoms with van der Waals surface area (Å²) >= 11 is 0. The lowest BCUT2D eigenvalue weighted by Crippen LogP contribution is -2.44. The molecule has 0 N–H and O–H groups in total. The van der Waals surface area contributed by atoms with Crippen LogP contribution in [0, 0.1) is 11.8 Å². The molecule has 0 amide bonds. The van der Waals surface area contributed by atoms with Crippen molar-refractivity contribution < 1.29 is 4.79 Å². The molecule has 104 valence electrons. The van der Waals surface area contributed by atoms with Crippen LogP contribution in [0.1, 0.15) is 55.7 Å². The average Bonchev–Trinajstić information content (AvgIpc) is 3.04. The maximum atomic E-state index is 12.9. The molecule has 4 rings (SSSR count). The number of benzene rings is 1. The third-order valence-corrected chi connectivity index (χ3v) is 5.76. The fraction of sp³-hybridized carbons (Fsp3) is 0.526. The highest BCUT2D eigenvalue weighted by molar-refractivity contribution is 5.94. The molecule has 3 aliphatic carbocycles. The molecular formula is C19H22O. The first-order valence-electron chi connectivity index (χ1n) is 7.97. The second kappa shape index (κ2) is 4.07. The van der Waals surface area contributed by atoms with Crippen LogP contribution in [0.5, 0.6) is 0 Å². The van der Waals surface area contributed by atoms with Crippen LogP contribution in [0.25, 0.3) is 0 Å². The molecule has 1 saturated carbocycles. The van der Waals surface area contributed by atoms with E-state index in [-0.39, 0.29) is 5.41 Å². The first kappa shape index (κ1) is 12.4. The van der Waals surface area contributed by atoms with Crippen LogP contribution in [-0.4, -0.2) is 5.78 Å². The standard InChI is InChI=1S/C19H22O/c1-12(2)16-5-3-4-14-7-9-17(20)19(18(14)16)11-13-6-8-15(19)10-13/h3-6,8,12-13,15H,7,9-11H2,1-2H3. The Balaban J connectivity index is 1.99. The number of rotatable bonds is 1. The van der Waals surface area contributed by atoms with Crippen LogP contribution in [-0.2, 0) is 16.6 Å². The van der Waals surface area contributed by atoms with E-state index in [1.165, 1.54) is 23.1 Å². The Morgan fingerprint density at radius 3 is 2.70 bits per heavy atom. The molecule has 1 aromatic rings. The number of carbonyl (C=O) groups excluding carboxylic acids is 1. The first-order valence-corrected chi connectivity index (χ1v) is 7.97. The molecule has 3 atom stereocenters. The Morgan fingerprint density at radius 2 is 2.05 bits per heavy atom. The van der Waals surface area contributed by atoms with Gasteiger partial charge in [0, 0.05) is 6.42 Å². The van der Waals surface area contributed by atoms with Crippen molar-refractivity contribution in [3.63, 3.8) is 0 Å². The number of aryl methyl sites for hydroxylation is 1. The molecule has 0 saturated heterocycles. The Labute approximate surface area is 121 Å². The highest BCUT2D eigenvalue weighted by Crippen LogP contribution is 2.57. The van der Waals surface area contributed by atoms with E-state index in [2.05, 4.69) is 44.2 Å². The van der Waals surface area contributed by atoms with Crippen molar-refractivity contribution in [1.29, 1.82) is 0 Å². The molecule has 2 bridgehead atoms. The molecule has 1 fully saturated rings. The molecule has 0 heterocycles. The molecule has 20 heavy (non-hydrogen) atoms. The van der Waals surface area contributed by atoms with Crippen LogP contribution in [0.15, 0.2) is 30.4 Å². The predicted octanol–water partition coefficient (Wildman–Crippen LogP) is 4.16. The number of fused-ring (bicyclic) bond motifs is 5. The molecule has 1 aromatic carbocycles. The van der Waals surface area contributed by atoms with Crippen molar-refractivity contribution in [3.05, 3.63) is 47.0 Å². The third kappa shape index (κ3) is 1.41. The Morgan fingerprint density at radius 1 is 1.20 bits per heavy atom. The number of hydrogen-bond donors (Lipinski definition) is 0. The lowest BCUT2D eigenvalue weighted by molar-refractivity contribution is -0.126. The summed E-state index contributed by atoms with van der Waals surface area (Å²) in [7, 11) is 0. The van der Waals surface area contributed by atoms with Crippen molar-refractivity contribution in [3.8, 4) is 0 Å². The monoisotopic (exact) mass is 266 g/mol. The molecule has 0 aliphatic heterocycles. The van der Waals surface area contributed by atoms with E-state index in [0.29, 0.717) is 23.5 Å². The van der Waals surface area contributed by atoms with Crippen molar-refractivity contribution >= 4 is 5.78 Å². The Kier molecular flexibility index (Phi) is 2.52. The van der Waals surface area contributed by atoms with Gasteiger partial charge in [-0.05, 0) is 53.7 Å². The quantitative estimate of drug-likeness (QED) is 0.698. The summed E-state index contributed by atoms with van der Waals surface area (Å²) in [5.74, 6) is 2.10. The summed E-state index contributed by atoms with van der Waals surface area (Å²) in [5.41, 5.74) is 4.10. The topological polar surface area (TPSA) is 17.1 Å². The van der Waals surface area contributed by atoms with Crippen molar-refractivity contribution in [1.82, 2.24) is 0 Å². The van der Waals surface area contributed by atoms with Gasteiger partial charge in [-0.15, -0.1) is 0 Å². The van der Waals surface area contributed by atoms with E-state index in [0.717, 1.165) is 19.3 Å². The highest BCUT2D eigenvalue weighted by atomic mass is 16.1. The lowest BCUT2D eigenvalue weighted by Gasteiger charge is -2.41. The van der Waals surface area contributed by atoms with Crippen LogP contribution < -0.4 is 0 Å². The average molecular weight is 266 g/mol. The van der Waals surface area contributed by atoms with E-state index in [9.17, 15) is 4.79 Å². The molecular weight excluding hydrogens is 244 g/mol. The third-order valence-electron chi connectivity index (χ3n) is 5.76. The summed E-state index contributed by atoms with van der Waals surface area (Å²) < 4.78 is 0. The predicted molar refractivity (Wildman–Crippen MR) is 80.9 cm³/mol. The fourth-order valence-corrected chi connectivity index (χ4v) is 4.93. The number of hydrogen-bond acceptors (Lipinski definition) is 1. The smallest absolute Gasteiger partial charge is 0.144 e. The summed E-state index contributed by atoms with van der Waals surface area (Å²) in [6.45, 7) is 4.51. The van der Waals surface area contributed by atoms with E-state index >= 15 is 0 Å². The second-order valence-corrected chi connectivity index (χ2v) is 7.12.